The fourth-order valence-corrected chi connectivity index (χ4v) is 3.90. The van der Waals surface area contributed by atoms with Gasteiger partial charge >= 0.3 is 0 Å². The van der Waals surface area contributed by atoms with Crippen LogP contribution in [0.3, 0.4) is 0 Å². The van der Waals surface area contributed by atoms with Crippen LogP contribution >= 0.6 is 0 Å². The number of ether oxygens (including phenoxy) is 1. The standard InChI is InChI=1S/C20H27FN6O/c1-25(19-5-7-23-20(24-19)27-9-11-28-12-10-27)17-3-2-8-26(15-17)14-16-4-6-22-13-18(16)21/h4-7,13,17H,2-3,8-12,14-15H2,1H3. The molecule has 0 saturated carbocycles. The highest BCUT2D eigenvalue weighted by Crippen LogP contribution is 2.23. The number of morpholine rings is 1. The zero-order valence-corrected chi connectivity index (χ0v) is 16.3. The fourth-order valence-electron chi connectivity index (χ4n) is 3.90. The smallest absolute Gasteiger partial charge is 0.227 e. The van der Waals surface area contributed by atoms with Gasteiger partial charge in [0.05, 0.1) is 19.4 Å². The molecular formula is C20H27FN6O. The molecule has 2 aromatic heterocycles. The molecule has 4 rings (SSSR count). The van der Waals surface area contributed by atoms with Gasteiger partial charge < -0.3 is 14.5 Å². The molecule has 2 aliphatic rings. The van der Waals surface area contributed by atoms with Gasteiger partial charge in [-0.2, -0.15) is 4.98 Å². The molecule has 150 valence electrons. The van der Waals surface area contributed by atoms with Crippen molar-refractivity contribution in [1.29, 1.82) is 0 Å². The van der Waals surface area contributed by atoms with Gasteiger partial charge in [-0.25, -0.2) is 9.37 Å². The number of hydrogen-bond acceptors (Lipinski definition) is 7. The molecule has 0 N–H and O–H groups in total. The van der Waals surface area contributed by atoms with Gasteiger partial charge in [0.25, 0.3) is 0 Å². The molecule has 0 spiro atoms. The largest absolute Gasteiger partial charge is 0.378 e. The topological polar surface area (TPSA) is 57.6 Å². The van der Waals surface area contributed by atoms with Crippen molar-refractivity contribution in [2.75, 3.05) is 56.2 Å². The zero-order valence-electron chi connectivity index (χ0n) is 16.3. The minimum Gasteiger partial charge on any atom is -0.378 e. The van der Waals surface area contributed by atoms with Crippen LogP contribution in [0.2, 0.25) is 0 Å². The molecule has 2 aliphatic heterocycles. The highest BCUT2D eigenvalue weighted by atomic mass is 19.1. The van der Waals surface area contributed by atoms with Crippen molar-refractivity contribution >= 4 is 11.8 Å². The van der Waals surface area contributed by atoms with Gasteiger partial charge in [0.15, 0.2) is 0 Å². The van der Waals surface area contributed by atoms with E-state index in [4.69, 9.17) is 9.72 Å². The van der Waals surface area contributed by atoms with E-state index in [2.05, 4.69) is 31.7 Å². The van der Waals surface area contributed by atoms with Crippen LogP contribution in [0.4, 0.5) is 16.2 Å². The van der Waals surface area contributed by atoms with Gasteiger partial charge in [-0.05, 0) is 31.5 Å². The van der Waals surface area contributed by atoms with Crippen molar-refractivity contribution in [2.45, 2.75) is 25.4 Å². The Morgan fingerprint density at radius 2 is 2.07 bits per heavy atom. The second kappa shape index (κ2) is 8.79. The van der Waals surface area contributed by atoms with Crippen LogP contribution in [0.25, 0.3) is 0 Å². The summed E-state index contributed by atoms with van der Waals surface area (Å²) in [5.41, 5.74) is 0.704. The molecule has 7 nitrogen and oxygen atoms in total. The minimum atomic E-state index is -0.232. The van der Waals surface area contributed by atoms with Crippen LogP contribution in [0.5, 0.6) is 0 Å². The molecule has 0 radical (unpaired) electrons. The number of hydrogen-bond donors (Lipinski definition) is 0. The molecule has 8 heteroatoms. The molecule has 2 fully saturated rings. The molecule has 0 aromatic carbocycles. The van der Waals surface area contributed by atoms with Gasteiger partial charge in [0.2, 0.25) is 5.95 Å². The first kappa shape index (κ1) is 19.0. The molecule has 2 aromatic rings. The number of pyridine rings is 1. The molecule has 0 amide bonds. The fraction of sp³-hybridized carbons (Fsp3) is 0.550. The van der Waals surface area contributed by atoms with E-state index in [1.165, 1.54) is 6.20 Å². The van der Waals surface area contributed by atoms with Crippen molar-refractivity contribution in [3.05, 3.63) is 42.1 Å². The molecule has 0 bridgehead atoms. The average molecular weight is 386 g/mol. The summed E-state index contributed by atoms with van der Waals surface area (Å²) < 4.78 is 19.4. The predicted octanol–water partition coefficient (Wildman–Crippen LogP) is 1.95. The number of likely N-dealkylation sites (N-methyl/N-ethyl adjacent to an activating group) is 1. The third-order valence-electron chi connectivity index (χ3n) is 5.56. The maximum Gasteiger partial charge on any atom is 0.227 e. The van der Waals surface area contributed by atoms with E-state index >= 15 is 0 Å². The van der Waals surface area contributed by atoms with Gasteiger partial charge in [-0.15, -0.1) is 0 Å². The normalized spacial score (nSPS) is 20.9. The number of piperidine rings is 1. The number of aromatic nitrogens is 3. The Labute approximate surface area is 165 Å². The lowest BCUT2D eigenvalue weighted by molar-refractivity contribution is 0.122. The lowest BCUT2D eigenvalue weighted by Crippen LogP contribution is -2.46. The monoisotopic (exact) mass is 386 g/mol. The summed E-state index contributed by atoms with van der Waals surface area (Å²) in [6.07, 6.45) is 6.96. The van der Waals surface area contributed by atoms with Crippen LogP contribution in [0, 0.1) is 5.82 Å². The number of likely N-dealkylation sites (tertiary alicyclic amines) is 1. The predicted molar refractivity (Wildman–Crippen MR) is 106 cm³/mol. The van der Waals surface area contributed by atoms with E-state index in [1.54, 1.807) is 12.3 Å². The summed E-state index contributed by atoms with van der Waals surface area (Å²) in [5.74, 6) is 1.46. The second-order valence-electron chi connectivity index (χ2n) is 7.42. The molecule has 1 unspecified atom stereocenters. The Hall–Kier alpha value is -2.32. The molecule has 2 saturated heterocycles. The Balaban J connectivity index is 1.42. The summed E-state index contributed by atoms with van der Waals surface area (Å²) in [4.78, 5) is 19.8. The molecule has 0 aliphatic carbocycles. The Kier molecular flexibility index (Phi) is 5.97. The number of rotatable bonds is 5. The summed E-state index contributed by atoms with van der Waals surface area (Å²) in [7, 11) is 2.09. The van der Waals surface area contributed by atoms with Crippen LogP contribution < -0.4 is 9.80 Å². The van der Waals surface area contributed by atoms with Gasteiger partial charge in [0.1, 0.15) is 11.6 Å². The van der Waals surface area contributed by atoms with Gasteiger partial charge in [-0.1, -0.05) is 0 Å². The Bertz CT molecular complexity index is 785. The first-order valence-corrected chi connectivity index (χ1v) is 9.90. The third kappa shape index (κ3) is 4.39. The zero-order chi connectivity index (χ0) is 19.3. The summed E-state index contributed by atoms with van der Waals surface area (Å²) in [5, 5.41) is 0. The highest BCUT2D eigenvalue weighted by Gasteiger charge is 2.25. The first-order chi connectivity index (χ1) is 13.7. The van der Waals surface area contributed by atoms with E-state index < -0.39 is 0 Å². The summed E-state index contributed by atoms with van der Waals surface area (Å²) in [6.45, 7) is 5.55. The SMILES string of the molecule is CN(c1ccnc(N2CCOCC2)n1)C1CCCN(Cc2ccncc2F)C1. The van der Waals surface area contributed by atoms with Crippen molar-refractivity contribution in [3.63, 3.8) is 0 Å². The summed E-state index contributed by atoms with van der Waals surface area (Å²) in [6, 6.07) is 4.07. The Morgan fingerprint density at radius 3 is 2.89 bits per heavy atom. The number of nitrogens with zero attached hydrogens (tertiary/aromatic N) is 6. The van der Waals surface area contributed by atoms with Crippen molar-refractivity contribution in [2.24, 2.45) is 0 Å². The maximum atomic E-state index is 14.0. The van der Waals surface area contributed by atoms with E-state index in [-0.39, 0.29) is 5.82 Å². The van der Waals surface area contributed by atoms with E-state index in [0.29, 0.717) is 31.4 Å². The molecular weight excluding hydrogens is 359 g/mol. The van der Waals surface area contributed by atoms with Gasteiger partial charge in [0, 0.05) is 57.2 Å². The molecule has 4 heterocycles. The van der Waals surface area contributed by atoms with Crippen LogP contribution in [0.1, 0.15) is 18.4 Å². The van der Waals surface area contributed by atoms with Crippen LogP contribution in [-0.2, 0) is 11.3 Å². The Morgan fingerprint density at radius 1 is 1.21 bits per heavy atom. The quantitative estimate of drug-likeness (QED) is 0.778. The average Bonchev–Trinajstić information content (AvgIpc) is 2.76. The lowest BCUT2D eigenvalue weighted by Gasteiger charge is -2.38. The minimum absolute atomic E-state index is 0.232. The van der Waals surface area contributed by atoms with Gasteiger partial charge in [-0.3, -0.25) is 9.88 Å². The van der Waals surface area contributed by atoms with Crippen LogP contribution in [0.15, 0.2) is 30.7 Å². The first-order valence-electron chi connectivity index (χ1n) is 9.90. The third-order valence-corrected chi connectivity index (χ3v) is 5.56. The molecule has 28 heavy (non-hydrogen) atoms. The number of anilines is 2. The highest BCUT2D eigenvalue weighted by molar-refractivity contribution is 5.44. The maximum absolute atomic E-state index is 14.0. The van der Waals surface area contributed by atoms with Crippen molar-refractivity contribution in [1.82, 2.24) is 19.9 Å². The van der Waals surface area contributed by atoms with E-state index in [1.807, 2.05) is 12.3 Å². The van der Waals surface area contributed by atoms with Crippen molar-refractivity contribution < 1.29 is 9.13 Å². The van der Waals surface area contributed by atoms with E-state index in [9.17, 15) is 4.39 Å². The molecule has 1 atom stereocenters. The van der Waals surface area contributed by atoms with Crippen molar-refractivity contribution in [3.8, 4) is 0 Å². The lowest BCUT2D eigenvalue weighted by atomic mass is 10.0. The number of halogens is 1. The van der Waals surface area contributed by atoms with E-state index in [0.717, 1.165) is 50.8 Å². The second-order valence-corrected chi connectivity index (χ2v) is 7.42. The summed E-state index contributed by atoms with van der Waals surface area (Å²) >= 11 is 0. The van der Waals surface area contributed by atoms with Crippen LogP contribution in [-0.4, -0.2) is 72.3 Å².